The van der Waals surface area contributed by atoms with Gasteiger partial charge in [0.2, 0.25) is 5.91 Å². The quantitative estimate of drug-likeness (QED) is 0.422. The van der Waals surface area contributed by atoms with E-state index in [1.165, 1.54) is 40.9 Å². The zero-order valence-electron chi connectivity index (χ0n) is 17.8. The van der Waals surface area contributed by atoms with Crippen molar-refractivity contribution in [3.05, 3.63) is 106 Å². The van der Waals surface area contributed by atoms with Gasteiger partial charge in [-0.25, -0.2) is 4.39 Å². The number of nitrogens with one attached hydrogen (secondary N) is 1. The van der Waals surface area contributed by atoms with Crippen molar-refractivity contribution in [2.45, 2.75) is 18.6 Å². The van der Waals surface area contributed by atoms with Crippen LogP contribution < -0.4 is 10.2 Å². The standard InChI is InChI=1S/C26H20FN3O2S/c1-17-7-11-20(12-8-17)29-24(31)22(16-28)26-30(21-13-9-19(27)10-14-21)25(32)23(33-26)15-18-5-3-2-4-6-18/h2-14,23H,15H2,1H3,(H,29,31)/b26-22-/t23-/m1/s1. The van der Waals surface area contributed by atoms with Crippen molar-refractivity contribution >= 4 is 35.0 Å². The van der Waals surface area contributed by atoms with Crippen LogP contribution in [-0.2, 0) is 16.0 Å². The Kier molecular flexibility index (Phi) is 6.57. The Morgan fingerprint density at radius 2 is 1.73 bits per heavy atom. The van der Waals surface area contributed by atoms with Crippen molar-refractivity contribution in [3.8, 4) is 6.07 Å². The van der Waals surface area contributed by atoms with Gasteiger partial charge < -0.3 is 5.32 Å². The SMILES string of the molecule is Cc1ccc(NC(=O)/C(C#N)=C2\S[C@H](Cc3ccccc3)C(=O)N2c2ccc(F)cc2)cc1. The number of anilines is 2. The summed E-state index contributed by atoms with van der Waals surface area (Å²) in [7, 11) is 0. The molecule has 164 valence electrons. The van der Waals surface area contributed by atoms with E-state index in [-0.39, 0.29) is 16.5 Å². The van der Waals surface area contributed by atoms with Gasteiger partial charge in [0.05, 0.1) is 5.25 Å². The molecule has 0 spiro atoms. The molecule has 0 bridgehead atoms. The average molecular weight is 458 g/mol. The summed E-state index contributed by atoms with van der Waals surface area (Å²) < 4.78 is 13.5. The highest BCUT2D eigenvalue weighted by molar-refractivity contribution is 8.05. The largest absolute Gasteiger partial charge is 0.321 e. The topological polar surface area (TPSA) is 73.2 Å². The molecule has 0 aliphatic carbocycles. The molecule has 7 heteroatoms. The lowest BCUT2D eigenvalue weighted by molar-refractivity contribution is -0.117. The van der Waals surface area contributed by atoms with Crippen LogP contribution in [0.1, 0.15) is 11.1 Å². The maximum Gasteiger partial charge on any atom is 0.269 e. The molecule has 1 heterocycles. The van der Waals surface area contributed by atoms with Crippen LogP contribution in [0.25, 0.3) is 0 Å². The molecular formula is C26H20FN3O2S. The fourth-order valence-corrected chi connectivity index (χ4v) is 4.78. The monoisotopic (exact) mass is 457 g/mol. The predicted molar refractivity (Wildman–Crippen MR) is 128 cm³/mol. The van der Waals surface area contributed by atoms with E-state index >= 15 is 0 Å². The predicted octanol–water partition coefficient (Wildman–Crippen LogP) is 5.20. The number of halogens is 1. The minimum atomic E-state index is -0.607. The van der Waals surface area contributed by atoms with E-state index in [4.69, 9.17) is 0 Å². The molecule has 0 radical (unpaired) electrons. The van der Waals surface area contributed by atoms with E-state index in [9.17, 15) is 19.2 Å². The minimum absolute atomic E-state index is 0.172. The second-order valence-electron chi connectivity index (χ2n) is 7.56. The van der Waals surface area contributed by atoms with E-state index < -0.39 is 17.0 Å². The van der Waals surface area contributed by atoms with E-state index in [1.807, 2.05) is 55.5 Å². The van der Waals surface area contributed by atoms with Crippen LogP contribution in [0.3, 0.4) is 0 Å². The zero-order chi connectivity index (χ0) is 23.4. The first-order valence-corrected chi connectivity index (χ1v) is 11.2. The highest BCUT2D eigenvalue weighted by Crippen LogP contribution is 2.42. The van der Waals surface area contributed by atoms with Crippen molar-refractivity contribution in [2.75, 3.05) is 10.2 Å². The van der Waals surface area contributed by atoms with E-state index in [0.29, 0.717) is 17.8 Å². The Morgan fingerprint density at radius 1 is 1.06 bits per heavy atom. The number of amides is 2. The summed E-state index contributed by atoms with van der Waals surface area (Å²) in [5.41, 5.74) is 2.77. The number of rotatable bonds is 5. The van der Waals surface area contributed by atoms with Crippen LogP contribution in [0, 0.1) is 24.1 Å². The molecule has 1 fully saturated rings. The van der Waals surface area contributed by atoms with Crippen molar-refractivity contribution < 1.29 is 14.0 Å². The summed E-state index contributed by atoms with van der Waals surface area (Å²) in [4.78, 5) is 27.7. The third-order valence-corrected chi connectivity index (χ3v) is 6.43. The average Bonchev–Trinajstić information content (AvgIpc) is 3.12. The summed E-state index contributed by atoms with van der Waals surface area (Å²) >= 11 is 1.17. The lowest BCUT2D eigenvalue weighted by atomic mass is 10.1. The normalized spacial score (nSPS) is 16.9. The summed E-state index contributed by atoms with van der Waals surface area (Å²) in [6, 6.07) is 24.1. The molecule has 4 rings (SSSR count). The third kappa shape index (κ3) is 4.97. The molecule has 0 saturated carbocycles. The van der Waals surface area contributed by atoms with Crippen molar-refractivity contribution in [2.24, 2.45) is 0 Å². The molecule has 1 saturated heterocycles. The molecule has 1 atom stereocenters. The fourth-order valence-electron chi connectivity index (χ4n) is 3.47. The van der Waals surface area contributed by atoms with E-state index in [1.54, 1.807) is 12.1 Å². The van der Waals surface area contributed by atoms with Gasteiger partial charge in [0.15, 0.2) is 0 Å². The van der Waals surface area contributed by atoms with Crippen LogP contribution >= 0.6 is 11.8 Å². The second kappa shape index (κ2) is 9.72. The van der Waals surface area contributed by atoms with Crippen LogP contribution in [-0.4, -0.2) is 17.1 Å². The molecule has 0 unspecified atom stereocenters. The molecule has 1 aliphatic rings. The minimum Gasteiger partial charge on any atom is -0.321 e. The van der Waals surface area contributed by atoms with Gasteiger partial charge in [-0.15, -0.1) is 0 Å². The highest BCUT2D eigenvalue weighted by atomic mass is 32.2. The first-order chi connectivity index (χ1) is 16.0. The number of nitrogens with zero attached hydrogens (tertiary/aromatic N) is 2. The van der Waals surface area contributed by atoms with Crippen LogP contribution in [0.15, 0.2) is 89.5 Å². The summed E-state index contributed by atoms with van der Waals surface area (Å²) in [6.07, 6.45) is 0.434. The van der Waals surface area contributed by atoms with Gasteiger partial charge in [0.25, 0.3) is 5.91 Å². The van der Waals surface area contributed by atoms with Crippen molar-refractivity contribution in [1.29, 1.82) is 5.26 Å². The van der Waals surface area contributed by atoms with Gasteiger partial charge in [-0.2, -0.15) is 5.26 Å². The molecule has 0 aromatic heterocycles. The molecule has 1 aliphatic heterocycles. The molecule has 33 heavy (non-hydrogen) atoms. The fraction of sp³-hybridized carbons (Fsp3) is 0.115. The summed E-state index contributed by atoms with van der Waals surface area (Å²) in [5, 5.41) is 12.3. The third-order valence-electron chi connectivity index (χ3n) is 5.16. The van der Waals surface area contributed by atoms with Gasteiger partial charge in [-0.1, -0.05) is 59.8 Å². The Hall–Kier alpha value is -3.89. The van der Waals surface area contributed by atoms with E-state index in [0.717, 1.165) is 11.1 Å². The Labute approximate surface area is 195 Å². The van der Waals surface area contributed by atoms with Gasteiger partial charge >= 0.3 is 0 Å². The van der Waals surface area contributed by atoms with Crippen molar-refractivity contribution in [1.82, 2.24) is 0 Å². The molecule has 3 aromatic rings. The summed E-state index contributed by atoms with van der Waals surface area (Å²) in [5.74, 6) is -1.31. The number of nitriles is 1. The second-order valence-corrected chi connectivity index (χ2v) is 8.75. The molecule has 5 nitrogen and oxygen atoms in total. The Bertz CT molecular complexity index is 1250. The van der Waals surface area contributed by atoms with Gasteiger partial charge in [-0.3, -0.25) is 14.5 Å². The van der Waals surface area contributed by atoms with Crippen LogP contribution in [0.5, 0.6) is 0 Å². The molecule has 1 N–H and O–H groups in total. The molecule has 2 amide bonds. The lowest BCUT2D eigenvalue weighted by Crippen LogP contribution is -2.30. The number of aryl methyl sites for hydroxylation is 1. The first kappa shape index (κ1) is 22.3. The lowest BCUT2D eigenvalue weighted by Gasteiger charge is -2.18. The van der Waals surface area contributed by atoms with Crippen LogP contribution in [0.2, 0.25) is 0 Å². The number of carbonyl (C=O) groups excluding carboxylic acids is 2. The number of benzene rings is 3. The van der Waals surface area contributed by atoms with Gasteiger partial charge in [0, 0.05) is 11.4 Å². The number of hydrogen-bond acceptors (Lipinski definition) is 4. The molecular weight excluding hydrogens is 437 g/mol. The summed E-state index contributed by atoms with van der Waals surface area (Å²) in [6.45, 7) is 1.93. The van der Waals surface area contributed by atoms with E-state index in [2.05, 4.69) is 5.32 Å². The number of hydrogen-bond donors (Lipinski definition) is 1. The zero-order valence-corrected chi connectivity index (χ0v) is 18.6. The molecule has 3 aromatic carbocycles. The first-order valence-electron chi connectivity index (χ1n) is 10.3. The highest BCUT2D eigenvalue weighted by Gasteiger charge is 2.40. The Morgan fingerprint density at radius 3 is 2.36 bits per heavy atom. The number of thioether (sulfide) groups is 1. The van der Waals surface area contributed by atoms with Crippen molar-refractivity contribution in [3.63, 3.8) is 0 Å². The van der Waals surface area contributed by atoms with Crippen LogP contribution in [0.4, 0.5) is 15.8 Å². The maximum absolute atomic E-state index is 13.5. The maximum atomic E-state index is 13.5. The van der Waals surface area contributed by atoms with Gasteiger partial charge in [-0.05, 0) is 55.3 Å². The van der Waals surface area contributed by atoms with Gasteiger partial charge in [0.1, 0.15) is 22.5 Å². The number of carbonyl (C=O) groups is 2. The Balaban J connectivity index is 1.72. The smallest absolute Gasteiger partial charge is 0.269 e.